The third kappa shape index (κ3) is 3.04. The fourth-order valence-electron chi connectivity index (χ4n) is 2.48. The van der Waals surface area contributed by atoms with Gasteiger partial charge in [-0.25, -0.2) is 8.42 Å². The van der Waals surface area contributed by atoms with Crippen molar-refractivity contribution >= 4 is 10.0 Å². The smallest absolute Gasteiger partial charge is 0.263 e. The molecule has 1 saturated carbocycles. The molecule has 0 spiro atoms. The molecule has 21 heavy (non-hydrogen) atoms. The molecule has 116 valence electrons. The monoisotopic (exact) mass is 310 g/mol. The zero-order valence-corrected chi connectivity index (χ0v) is 13.3. The number of sulfonamides is 1. The van der Waals surface area contributed by atoms with E-state index in [0.717, 1.165) is 17.7 Å². The lowest BCUT2D eigenvalue weighted by atomic mass is 10.1. The minimum atomic E-state index is -3.52. The van der Waals surface area contributed by atoms with Crippen LogP contribution in [0.1, 0.15) is 37.4 Å². The summed E-state index contributed by atoms with van der Waals surface area (Å²) in [5, 5.41) is 10.4. The van der Waals surface area contributed by atoms with Gasteiger partial charge in [0.15, 0.2) is 5.03 Å². The van der Waals surface area contributed by atoms with E-state index in [4.69, 9.17) is 0 Å². The molecule has 0 bridgehead atoms. The van der Waals surface area contributed by atoms with E-state index in [2.05, 4.69) is 15.5 Å². The first kappa shape index (κ1) is 14.7. The first-order valence-electron chi connectivity index (χ1n) is 7.41. The molecular weight excluding hydrogens is 288 g/mol. The number of aryl methyl sites for hydroxylation is 1. The molecule has 1 aromatic rings. The van der Waals surface area contributed by atoms with Crippen molar-refractivity contribution in [3.05, 3.63) is 22.9 Å². The number of nitrogens with zero attached hydrogens (tertiary/aromatic N) is 2. The Bertz CT molecular complexity index is 659. The van der Waals surface area contributed by atoms with E-state index in [1.807, 2.05) is 19.9 Å². The van der Waals surface area contributed by atoms with Gasteiger partial charge in [0, 0.05) is 36.9 Å². The second-order valence-corrected chi connectivity index (χ2v) is 7.80. The van der Waals surface area contributed by atoms with Crippen LogP contribution in [-0.4, -0.2) is 42.1 Å². The summed E-state index contributed by atoms with van der Waals surface area (Å²) in [4.78, 5) is 0. The van der Waals surface area contributed by atoms with Crippen molar-refractivity contribution < 1.29 is 8.42 Å². The highest BCUT2D eigenvalue weighted by atomic mass is 32.2. The van der Waals surface area contributed by atoms with E-state index in [9.17, 15) is 8.42 Å². The summed E-state index contributed by atoms with van der Waals surface area (Å²) in [6.07, 6.45) is 5.12. The van der Waals surface area contributed by atoms with Crippen LogP contribution in [0.15, 0.2) is 16.7 Å². The van der Waals surface area contributed by atoms with E-state index < -0.39 is 10.0 Å². The Morgan fingerprint density at radius 2 is 2.19 bits per heavy atom. The number of aromatic nitrogens is 2. The number of aromatic amines is 1. The van der Waals surface area contributed by atoms with E-state index in [0.29, 0.717) is 25.7 Å². The van der Waals surface area contributed by atoms with Gasteiger partial charge in [0.25, 0.3) is 10.0 Å². The normalized spacial score (nSPS) is 20.6. The molecule has 0 aromatic carbocycles. The van der Waals surface area contributed by atoms with Gasteiger partial charge >= 0.3 is 0 Å². The lowest BCUT2D eigenvalue weighted by Crippen LogP contribution is -2.35. The van der Waals surface area contributed by atoms with Gasteiger partial charge in [-0.3, -0.25) is 5.10 Å². The highest BCUT2D eigenvalue weighted by Gasteiger charge is 2.31. The fraction of sp³-hybridized carbons (Fsp3) is 0.643. The number of hydrogen-bond acceptors (Lipinski definition) is 4. The first-order chi connectivity index (χ1) is 9.98. The molecular formula is C14H22N4O2S. The van der Waals surface area contributed by atoms with E-state index in [1.165, 1.54) is 22.7 Å². The summed E-state index contributed by atoms with van der Waals surface area (Å²) in [5.74, 6) is 0. The van der Waals surface area contributed by atoms with Crippen molar-refractivity contribution in [2.45, 2.75) is 50.7 Å². The van der Waals surface area contributed by atoms with Crippen LogP contribution in [0.4, 0.5) is 0 Å². The van der Waals surface area contributed by atoms with Crippen molar-refractivity contribution in [3.8, 4) is 0 Å². The second kappa shape index (κ2) is 5.55. The van der Waals surface area contributed by atoms with Gasteiger partial charge < -0.3 is 5.32 Å². The van der Waals surface area contributed by atoms with Gasteiger partial charge in [-0.1, -0.05) is 11.6 Å². The number of hydrogen-bond donors (Lipinski definition) is 2. The molecule has 1 aromatic heterocycles. The van der Waals surface area contributed by atoms with Crippen molar-refractivity contribution in [2.24, 2.45) is 0 Å². The summed E-state index contributed by atoms with van der Waals surface area (Å²) >= 11 is 0. The minimum Gasteiger partial charge on any atom is -0.310 e. The molecule has 0 radical (unpaired) electrons. The molecule has 0 saturated heterocycles. The predicted molar refractivity (Wildman–Crippen MR) is 80.3 cm³/mol. The summed E-state index contributed by atoms with van der Waals surface area (Å²) in [7, 11) is -3.52. The Balaban J connectivity index is 1.84. The van der Waals surface area contributed by atoms with Gasteiger partial charge in [0.1, 0.15) is 0 Å². The fourth-order valence-corrected chi connectivity index (χ4v) is 4.02. The van der Waals surface area contributed by atoms with Crippen LogP contribution < -0.4 is 5.32 Å². The molecule has 3 rings (SSSR count). The van der Waals surface area contributed by atoms with E-state index in [1.54, 1.807) is 0 Å². The molecule has 2 heterocycles. The SMILES string of the molecule is CC1=CCN(S(=O)(=O)c2n[nH]c(C)c2CNC2CC2)CC1. The van der Waals surface area contributed by atoms with Crippen LogP contribution in [0.5, 0.6) is 0 Å². The average molecular weight is 310 g/mol. The molecule has 0 unspecified atom stereocenters. The van der Waals surface area contributed by atoms with Crippen LogP contribution in [0.2, 0.25) is 0 Å². The Morgan fingerprint density at radius 3 is 2.81 bits per heavy atom. The number of nitrogens with one attached hydrogen (secondary N) is 2. The third-order valence-electron chi connectivity index (χ3n) is 4.16. The Morgan fingerprint density at radius 1 is 1.43 bits per heavy atom. The maximum absolute atomic E-state index is 12.8. The maximum atomic E-state index is 12.8. The molecule has 7 heteroatoms. The van der Waals surface area contributed by atoms with Crippen molar-refractivity contribution in [2.75, 3.05) is 13.1 Å². The molecule has 1 aliphatic carbocycles. The Hall–Kier alpha value is -1.18. The van der Waals surface area contributed by atoms with Gasteiger partial charge in [-0.05, 0) is 33.1 Å². The summed E-state index contributed by atoms with van der Waals surface area (Å²) in [6.45, 7) is 5.44. The van der Waals surface area contributed by atoms with Crippen molar-refractivity contribution in [1.29, 1.82) is 0 Å². The Labute approximate surface area is 125 Å². The maximum Gasteiger partial charge on any atom is 0.263 e. The summed E-state index contributed by atoms with van der Waals surface area (Å²) in [6, 6.07) is 0.537. The molecule has 2 aliphatic rings. The topological polar surface area (TPSA) is 78.1 Å². The lowest BCUT2D eigenvalue weighted by Gasteiger charge is -2.24. The van der Waals surface area contributed by atoms with Gasteiger partial charge in [-0.15, -0.1) is 0 Å². The highest BCUT2D eigenvalue weighted by molar-refractivity contribution is 7.89. The molecule has 2 N–H and O–H groups in total. The second-order valence-electron chi connectivity index (χ2n) is 5.95. The molecule has 1 fully saturated rings. The van der Waals surface area contributed by atoms with Crippen LogP contribution >= 0.6 is 0 Å². The first-order valence-corrected chi connectivity index (χ1v) is 8.85. The largest absolute Gasteiger partial charge is 0.310 e. The molecule has 0 atom stereocenters. The Kier molecular flexibility index (Phi) is 3.90. The zero-order chi connectivity index (χ0) is 15.0. The standard InChI is InChI=1S/C14H22N4O2S/c1-10-5-7-18(8-6-10)21(19,20)14-13(11(2)16-17-14)9-15-12-3-4-12/h5,12,15H,3-4,6-9H2,1-2H3,(H,16,17). The zero-order valence-electron chi connectivity index (χ0n) is 12.5. The van der Waals surface area contributed by atoms with Crippen molar-refractivity contribution in [1.82, 2.24) is 19.8 Å². The van der Waals surface area contributed by atoms with Gasteiger partial charge in [0.05, 0.1) is 0 Å². The van der Waals surface area contributed by atoms with Gasteiger partial charge in [0.2, 0.25) is 0 Å². The quantitative estimate of drug-likeness (QED) is 0.804. The number of rotatable bonds is 5. The van der Waals surface area contributed by atoms with Crippen LogP contribution in [-0.2, 0) is 16.6 Å². The molecule has 1 aliphatic heterocycles. The van der Waals surface area contributed by atoms with Crippen LogP contribution in [0.3, 0.4) is 0 Å². The summed E-state index contributed by atoms with van der Waals surface area (Å²) < 4.78 is 27.1. The van der Waals surface area contributed by atoms with Crippen LogP contribution in [0.25, 0.3) is 0 Å². The van der Waals surface area contributed by atoms with E-state index in [-0.39, 0.29) is 5.03 Å². The lowest BCUT2D eigenvalue weighted by molar-refractivity contribution is 0.428. The minimum absolute atomic E-state index is 0.182. The predicted octanol–water partition coefficient (Wildman–Crippen LogP) is 1.31. The molecule has 0 amide bonds. The highest BCUT2D eigenvalue weighted by Crippen LogP contribution is 2.25. The molecule has 6 nitrogen and oxygen atoms in total. The average Bonchev–Trinajstić information content (AvgIpc) is 3.20. The summed E-state index contributed by atoms with van der Waals surface area (Å²) in [5.41, 5.74) is 2.84. The van der Waals surface area contributed by atoms with E-state index >= 15 is 0 Å². The van der Waals surface area contributed by atoms with Crippen LogP contribution in [0, 0.1) is 6.92 Å². The van der Waals surface area contributed by atoms with Crippen molar-refractivity contribution in [3.63, 3.8) is 0 Å². The number of H-pyrrole nitrogens is 1. The van der Waals surface area contributed by atoms with Gasteiger partial charge in [-0.2, -0.15) is 9.40 Å². The third-order valence-corrected chi connectivity index (χ3v) is 6.00.